The number of aromatic nitrogens is 2. The van der Waals surface area contributed by atoms with E-state index in [4.69, 9.17) is 0 Å². The van der Waals surface area contributed by atoms with Gasteiger partial charge in [-0.3, -0.25) is 4.79 Å². The number of nitrogens with one attached hydrogen (secondary N) is 2. The van der Waals surface area contributed by atoms with Crippen LogP contribution in [0.15, 0.2) is 30.3 Å². The highest BCUT2D eigenvalue weighted by atomic mass is 35.5. The van der Waals surface area contributed by atoms with Crippen molar-refractivity contribution >= 4 is 18.3 Å². The predicted octanol–water partition coefficient (Wildman–Crippen LogP) is 1.94. The minimum Gasteiger partial charge on any atom is -0.352 e. The van der Waals surface area contributed by atoms with E-state index in [0.717, 1.165) is 56.2 Å². The normalized spacial score (nSPS) is 14.7. The van der Waals surface area contributed by atoms with Crippen LogP contribution in [0.25, 0.3) is 5.69 Å². The topological polar surface area (TPSA) is 62.2 Å². The summed E-state index contributed by atoms with van der Waals surface area (Å²) in [5.41, 5.74) is 3.74. The van der Waals surface area contributed by atoms with Gasteiger partial charge in [0.05, 0.1) is 11.4 Å². The van der Waals surface area contributed by atoms with Gasteiger partial charge in [-0.05, 0) is 57.1 Å². The van der Waals surface area contributed by atoms with Gasteiger partial charge in [-0.15, -0.1) is 12.4 Å². The molecule has 1 fully saturated rings. The summed E-state index contributed by atoms with van der Waals surface area (Å²) in [6.07, 6.45) is 0.982. The Morgan fingerprint density at radius 2 is 1.88 bits per heavy atom. The lowest BCUT2D eigenvalue weighted by atomic mass is 10.2. The lowest BCUT2D eigenvalue weighted by molar-refractivity contribution is 0.0951. The molecular weight excluding hydrogens is 350 g/mol. The van der Waals surface area contributed by atoms with Crippen LogP contribution in [0.2, 0.25) is 0 Å². The number of nitrogens with zero attached hydrogens (tertiary/aromatic N) is 3. The van der Waals surface area contributed by atoms with Gasteiger partial charge >= 0.3 is 0 Å². The van der Waals surface area contributed by atoms with E-state index in [-0.39, 0.29) is 18.3 Å². The van der Waals surface area contributed by atoms with Crippen LogP contribution in [-0.4, -0.2) is 59.9 Å². The number of rotatable bonds is 6. The number of carbonyl (C=O) groups is 1. The monoisotopic (exact) mass is 377 g/mol. The van der Waals surface area contributed by atoms with Crippen molar-refractivity contribution in [1.29, 1.82) is 0 Å². The highest BCUT2D eigenvalue weighted by molar-refractivity contribution is 5.94. The van der Waals surface area contributed by atoms with Gasteiger partial charge in [0.1, 0.15) is 0 Å². The van der Waals surface area contributed by atoms with Gasteiger partial charge in [0.25, 0.3) is 5.91 Å². The maximum atomic E-state index is 12.3. The van der Waals surface area contributed by atoms with E-state index in [1.165, 1.54) is 0 Å². The Bertz CT molecular complexity index is 707. The molecule has 1 amide bonds. The zero-order valence-electron chi connectivity index (χ0n) is 15.5. The molecule has 2 N–H and O–H groups in total. The van der Waals surface area contributed by atoms with E-state index in [2.05, 4.69) is 20.6 Å². The third kappa shape index (κ3) is 5.30. The van der Waals surface area contributed by atoms with Crippen molar-refractivity contribution in [3.05, 3.63) is 47.3 Å². The molecule has 0 aliphatic carbocycles. The molecule has 2 aromatic rings. The average Bonchev–Trinajstić information content (AvgIpc) is 2.98. The van der Waals surface area contributed by atoms with Crippen LogP contribution >= 0.6 is 12.4 Å². The maximum Gasteiger partial charge on any atom is 0.251 e. The minimum atomic E-state index is -0.0137. The lowest BCUT2D eigenvalue weighted by Gasteiger charge is -2.27. The van der Waals surface area contributed by atoms with E-state index in [1.807, 2.05) is 48.9 Å². The Kier molecular flexibility index (Phi) is 7.63. The fourth-order valence-electron chi connectivity index (χ4n) is 3.19. The Hall–Kier alpha value is -1.89. The number of hydrogen-bond acceptors (Lipinski definition) is 4. The van der Waals surface area contributed by atoms with E-state index >= 15 is 0 Å². The third-order valence-corrected chi connectivity index (χ3v) is 4.53. The molecular formula is C19H28ClN5O. The quantitative estimate of drug-likeness (QED) is 0.755. The fourth-order valence-corrected chi connectivity index (χ4v) is 3.19. The number of carbonyl (C=O) groups excluding carboxylic acids is 1. The molecule has 1 saturated heterocycles. The molecule has 142 valence electrons. The van der Waals surface area contributed by atoms with Crippen LogP contribution in [-0.2, 0) is 0 Å². The summed E-state index contributed by atoms with van der Waals surface area (Å²) in [7, 11) is 0. The van der Waals surface area contributed by atoms with Crippen molar-refractivity contribution in [1.82, 2.24) is 25.3 Å². The summed E-state index contributed by atoms with van der Waals surface area (Å²) < 4.78 is 1.89. The second kappa shape index (κ2) is 9.71. The summed E-state index contributed by atoms with van der Waals surface area (Å²) >= 11 is 0. The zero-order valence-corrected chi connectivity index (χ0v) is 16.3. The van der Waals surface area contributed by atoms with Crippen molar-refractivity contribution in [3.8, 4) is 5.69 Å². The summed E-state index contributed by atoms with van der Waals surface area (Å²) in [5, 5.41) is 10.8. The molecule has 7 heteroatoms. The molecule has 1 aromatic carbocycles. The SMILES string of the molecule is Cc1cc(C)n(-c2ccc(C(=O)NCCCN3CCNCC3)cc2)n1.Cl. The Morgan fingerprint density at radius 3 is 2.50 bits per heavy atom. The van der Waals surface area contributed by atoms with E-state index in [0.29, 0.717) is 12.1 Å². The summed E-state index contributed by atoms with van der Waals surface area (Å²) in [6, 6.07) is 9.64. The molecule has 3 rings (SSSR count). The fraction of sp³-hybridized carbons (Fsp3) is 0.474. The second-order valence-corrected chi connectivity index (χ2v) is 6.59. The zero-order chi connectivity index (χ0) is 17.6. The van der Waals surface area contributed by atoms with Crippen LogP contribution in [0.1, 0.15) is 28.2 Å². The average molecular weight is 378 g/mol. The number of halogens is 1. The molecule has 0 saturated carbocycles. The largest absolute Gasteiger partial charge is 0.352 e. The van der Waals surface area contributed by atoms with E-state index in [1.54, 1.807) is 0 Å². The molecule has 1 aliphatic rings. The molecule has 1 aliphatic heterocycles. The molecule has 2 heterocycles. The standard InChI is InChI=1S/C19H27N5O.ClH/c1-15-14-16(2)24(22-15)18-6-4-17(5-7-18)19(25)21-8-3-11-23-12-9-20-10-13-23;/h4-7,14,20H,3,8-13H2,1-2H3,(H,21,25);1H. The van der Waals surface area contributed by atoms with Gasteiger partial charge in [-0.1, -0.05) is 0 Å². The molecule has 0 spiro atoms. The molecule has 0 atom stereocenters. The molecule has 0 radical (unpaired) electrons. The second-order valence-electron chi connectivity index (χ2n) is 6.59. The van der Waals surface area contributed by atoms with E-state index < -0.39 is 0 Å². The summed E-state index contributed by atoms with van der Waals surface area (Å²) in [6.45, 7) is 10.1. The first kappa shape index (κ1) is 20.4. The molecule has 1 aromatic heterocycles. The first-order chi connectivity index (χ1) is 12.1. The van der Waals surface area contributed by atoms with Crippen LogP contribution in [0.3, 0.4) is 0 Å². The van der Waals surface area contributed by atoms with Crippen molar-refractivity contribution in [2.24, 2.45) is 0 Å². The van der Waals surface area contributed by atoms with Gasteiger partial charge in [0.15, 0.2) is 0 Å². The van der Waals surface area contributed by atoms with Gasteiger partial charge in [-0.2, -0.15) is 5.10 Å². The van der Waals surface area contributed by atoms with E-state index in [9.17, 15) is 4.79 Å². The summed E-state index contributed by atoms with van der Waals surface area (Å²) in [4.78, 5) is 14.7. The maximum absolute atomic E-state index is 12.3. The first-order valence-electron chi connectivity index (χ1n) is 8.98. The number of benzene rings is 1. The number of aryl methyl sites for hydroxylation is 2. The van der Waals surface area contributed by atoms with Gasteiger partial charge in [0.2, 0.25) is 0 Å². The summed E-state index contributed by atoms with van der Waals surface area (Å²) in [5.74, 6) is -0.0137. The first-order valence-corrected chi connectivity index (χ1v) is 8.98. The van der Waals surface area contributed by atoms with Crippen LogP contribution in [0.5, 0.6) is 0 Å². The van der Waals surface area contributed by atoms with Crippen LogP contribution < -0.4 is 10.6 Å². The minimum absolute atomic E-state index is 0. The van der Waals surface area contributed by atoms with Crippen LogP contribution in [0.4, 0.5) is 0 Å². The third-order valence-electron chi connectivity index (χ3n) is 4.53. The molecule has 0 unspecified atom stereocenters. The van der Waals surface area contributed by atoms with Gasteiger partial charge < -0.3 is 15.5 Å². The Labute approximate surface area is 161 Å². The Balaban J connectivity index is 0.00000243. The van der Waals surface area contributed by atoms with Crippen molar-refractivity contribution in [2.45, 2.75) is 20.3 Å². The van der Waals surface area contributed by atoms with Gasteiger partial charge in [-0.25, -0.2) is 4.68 Å². The highest BCUT2D eigenvalue weighted by Gasteiger charge is 2.10. The molecule has 26 heavy (non-hydrogen) atoms. The lowest BCUT2D eigenvalue weighted by Crippen LogP contribution is -2.44. The number of amides is 1. The van der Waals surface area contributed by atoms with Crippen molar-refractivity contribution in [3.63, 3.8) is 0 Å². The predicted molar refractivity (Wildman–Crippen MR) is 107 cm³/mol. The smallest absolute Gasteiger partial charge is 0.251 e. The van der Waals surface area contributed by atoms with Crippen molar-refractivity contribution in [2.75, 3.05) is 39.3 Å². The van der Waals surface area contributed by atoms with Gasteiger partial charge in [0, 0.05) is 44.0 Å². The highest BCUT2D eigenvalue weighted by Crippen LogP contribution is 2.13. The van der Waals surface area contributed by atoms with Crippen molar-refractivity contribution < 1.29 is 4.79 Å². The Morgan fingerprint density at radius 1 is 1.19 bits per heavy atom. The molecule has 6 nitrogen and oxygen atoms in total. The number of hydrogen-bond donors (Lipinski definition) is 2. The molecule has 0 bridgehead atoms. The van der Waals surface area contributed by atoms with Crippen LogP contribution in [0, 0.1) is 13.8 Å². The number of piperazine rings is 1.